The summed E-state index contributed by atoms with van der Waals surface area (Å²) in [5.74, 6) is 0. The van der Waals surface area contributed by atoms with E-state index in [0.717, 1.165) is 19.6 Å². The molecule has 3 heterocycles. The van der Waals surface area contributed by atoms with Gasteiger partial charge in [-0.05, 0) is 28.1 Å². The number of rotatable bonds is 3. The van der Waals surface area contributed by atoms with Gasteiger partial charge in [0.2, 0.25) is 0 Å². The van der Waals surface area contributed by atoms with Crippen LogP contribution in [0.15, 0.2) is 48.2 Å². The monoisotopic (exact) mass is 281 g/mol. The van der Waals surface area contributed by atoms with Gasteiger partial charge in [-0.15, -0.1) is 11.3 Å². The van der Waals surface area contributed by atoms with Crippen LogP contribution in [0.25, 0.3) is 10.6 Å². The molecule has 3 aromatic rings. The molecule has 0 amide bonds. The lowest BCUT2D eigenvalue weighted by atomic mass is 10.1. The SMILES string of the molecule is c1csc(-c2cncn2Cc2ccc3c(c2)CNC3)c1. The predicted molar refractivity (Wildman–Crippen MR) is 81.6 cm³/mol. The van der Waals surface area contributed by atoms with Gasteiger partial charge in [-0.25, -0.2) is 4.98 Å². The van der Waals surface area contributed by atoms with Gasteiger partial charge in [0, 0.05) is 19.6 Å². The Hall–Kier alpha value is -1.91. The molecule has 0 unspecified atom stereocenters. The Bertz CT molecular complexity index is 728. The van der Waals surface area contributed by atoms with Crippen LogP contribution in [0, 0.1) is 0 Å². The van der Waals surface area contributed by atoms with Gasteiger partial charge in [-0.3, -0.25) is 0 Å². The molecule has 0 aliphatic carbocycles. The second kappa shape index (κ2) is 4.89. The number of thiophene rings is 1. The lowest BCUT2D eigenvalue weighted by Crippen LogP contribution is -2.01. The largest absolute Gasteiger partial charge is 0.325 e. The van der Waals surface area contributed by atoms with Crippen molar-refractivity contribution in [3.8, 4) is 10.6 Å². The van der Waals surface area contributed by atoms with Gasteiger partial charge in [0.1, 0.15) is 0 Å². The van der Waals surface area contributed by atoms with Crippen LogP contribution in [-0.4, -0.2) is 9.55 Å². The molecule has 0 spiro atoms. The zero-order valence-corrected chi connectivity index (χ0v) is 11.9. The van der Waals surface area contributed by atoms with Crippen molar-refractivity contribution in [3.63, 3.8) is 0 Å². The van der Waals surface area contributed by atoms with Crippen molar-refractivity contribution in [2.45, 2.75) is 19.6 Å². The molecule has 4 heteroatoms. The average Bonchev–Trinajstić information content (AvgIpc) is 3.19. The topological polar surface area (TPSA) is 29.9 Å². The van der Waals surface area contributed by atoms with E-state index in [0.29, 0.717) is 0 Å². The molecular formula is C16H15N3S. The molecule has 0 saturated carbocycles. The standard InChI is InChI=1S/C16H15N3S/c1-2-16(20-5-1)15-9-18-11-19(15)10-12-3-4-13-7-17-8-14(13)6-12/h1-6,9,11,17H,7-8,10H2. The second-order valence-electron chi connectivity index (χ2n) is 5.09. The summed E-state index contributed by atoms with van der Waals surface area (Å²) in [5, 5.41) is 5.49. The van der Waals surface area contributed by atoms with E-state index in [4.69, 9.17) is 0 Å². The quantitative estimate of drug-likeness (QED) is 0.798. The van der Waals surface area contributed by atoms with Crippen molar-refractivity contribution in [2.24, 2.45) is 0 Å². The Labute approximate surface area is 121 Å². The summed E-state index contributed by atoms with van der Waals surface area (Å²) >= 11 is 1.75. The smallest absolute Gasteiger partial charge is 0.0954 e. The maximum absolute atomic E-state index is 4.30. The summed E-state index contributed by atoms with van der Waals surface area (Å²) in [6.45, 7) is 2.87. The molecule has 0 fully saturated rings. The van der Waals surface area contributed by atoms with Crippen molar-refractivity contribution < 1.29 is 0 Å². The first kappa shape index (κ1) is 11.9. The van der Waals surface area contributed by atoms with Crippen LogP contribution < -0.4 is 5.32 Å². The van der Waals surface area contributed by atoms with Crippen LogP contribution in [0.4, 0.5) is 0 Å². The minimum Gasteiger partial charge on any atom is -0.325 e. The first-order valence-corrected chi connectivity index (χ1v) is 7.63. The summed E-state index contributed by atoms with van der Waals surface area (Å²) in [5.41, 5.74) is 5.39. The first-order valence-electron chi connectivity index (χ1n) is 6.75. The van der Waals surface area contributed by atoms with E-state index in [-0.39, 0.29) is 0 Å². The minimum atomic E-state index is 0.876. The van der Waals surface area contributed by atoms with E-state index in [1.807, 2.05) is 12.5 Å². The van der Waals surface area contributed by atoms with Crippen LogP contribution in [0.2, 0.25) is 0 Å². The van der Waals surface area contributed by atoms with E-state index in [9.17, 15) is 0 Å². The molecule has 1 aromatic carbocycles. The zero-order valence-electron chi connectivity index (χ0n) is 11.0. The maximum Gasteiger partial charge on any atom is 0.0954 e. The molecule has 4 rings (SSSR count). The van der Waals surface area contributed by atoms with Crippen molar-refractivity contribution >= 4 is 11.3 Å². The average molecular weight is 281 g/mol. The van der Waals surface area contributed by atoms with Gasteiger partial charge in [0.15, 0.2) is 0 Å². The lowest BCUT2D eigenvalue weighted by molar-refractivity contribution is 0.764. The number of nitrogens with zero attached hydrogens (tertiary/aromatic N) is 2. The molecule has 0 saturated heterocycles. The third-order valence-corrected chi connectivity index (χ3v) is 4.63. The number of benzene rings is 1. The van der Waals surface area contributed by atoms with Crippen molar-refractivity contribution in [3.05, 3.63) is 64.9 Å². The van der Waals surface area contributed by atoms with E-state index >= 15 is 0 Å². The summed E-state index contributed by atoms with van der Waals surface area (Å²) in [7, 11) is 0. The molecular weight excluding hydrogens is 266 g/mol. The summed E-state index contributed by atoms with van der Waals surface area (Å²) in [6.07, 6.45) is 3.86. The molecule has 1 N–H and O–H groups in total. The Kier molecular flexibility index (Phi) is 2.90. The number of hydrogen-bond acceptors (Lipinski definition) is 3. The molecule has 0 bridgehead atoms. The second-order valence-corrected chi connectivity index (χ2v) is 6.04. The molecule has 0 atom stereocenters. The van der Waals surface area contributed by atoms with E-state index in [2.05, 4.69) is 50.6 Å². The Morgan fingerprint density at radius 1 is 1.20 bits per heavy atom. The normalized spacial score (nSPS) is 13.6. The van der Waals surface area contributed by atoms with E-state index < -0.39 is 0 Å². The molecule has 20 heavy (non-hydrogen) atoms. The van der Waals surface area contributed by atoms with E-state index in [1.54, 1.807) is 11.3 Å². The van der Waals surface area contributed by atoms with Gasteiger partial charge in [-0.2, -0.15) is 0 Å². The van der Waals surface area contributed by atoms with Gasteiger partial charge < -0.3 is 9.88 Å². The first-order chi connectivity index (χ1) is 9.90. The van der Waals surface area contributed by atoms with Crippen molar-refractivity contribution in [2.75, 3.05) is 0 Å². The number of nitrogens with one attached hydrogen (secondary N) is 1. The van der Waals surface area contributed by atoms with Gasteiger partial charge in [0.25, 0.3) is 0 Å². The molecule has 3 nitrogen and oxygen atoms in total. The number of fused-ring (bicyclic) bond motifs is 1. The molecule has 0 radical (unpaired) electrons. The highest BCUT2D eigenvalue weighted by molar-refractivity contribution is 7.13. The Morgan fingerprint density at radius 3 is 3.05 bits per heavy atom. The van der Waals surface area contributed by atoms with E-state index in [1.165, 1.54) is 27.3 Å². The van der Waals surface area contributed by atoms with Crippen LogP contribution in [0.5, 0.6) is 0 Å². The summed E-state index contributed by atoms with van der Waals surface area (Å²) < 4.78 is 2.22. The molecule has 2 aromatic heterocycles. The highest BCUT2D eigenvalue weighted by atomic mass is 32.1. The number of aromatic nitrogens is 2. The Balaban J connectivity index is 1.65. The van der Waals surface area contributed by atoms with Gasteiger partial charge >= 0.3 is 0 Å². The van der Waals surface area contributed by atoms with Gasteiger partial charge in [-0.1, -0.05) is 24.3 Å². The maximum atomic E-state index is 4.30. The molecule has 1 aliphatic heterocycles. The highest BCUT2D eigenvalue weighted by Crippen LogP contribution is 2.25. The predicted octanol–water partition coefficient (Wildman–Crippen LogP) is 3.26. The van der Waals surface area contributed by atoms with Crippen LogP contribution in [-0.2, 0) is 19.6 Å². The fraction of sp³-hybridized carbons (Fsp3) is 0.188. The Morgan fingerprint density at radius 2 is 2.15 bits per heavy atom. The molecule has 100 valence electrons. The van der Waals surface area contributed by atoms with Crippen LogP contribution >= 0.6 is 11.3 Å². The van der Waals surface area contributed by atoms with Crippen LogP contribution in [0.1, 0.15) is 16.7 Å². The fourth-order valence-electron chi connectivity index (χ4n) is 2.72. The molecule has 1 aliphatic rings. The van der Waals surface area contributed by atoms with Crippen molar-refractivity contribution in [1.82, 2.24) is 14.9 Å². The fourth-order valence-corrected chi connectivity index (χ4v) is 3.47. The minimum absolute atomic E-state index is 0.876. The summed E-state index contributed by atoms with van der Waals surface area (Å²) in [6, 6.07) is 11.0. The lowest BCUT2D eigenvalue weighted by Gasteiger charge is -2.08. The number of imidazole rings is 1. The van der Waals surface area contributed by atoms with Crippen LogP contribution in [0.3, 0.4) is 0 Å². The third kappa shape index (κ3) is 2.07. The third-order valence-electron chi connectivity index (χ3n) is 3.74. The van der Waals surface area contributed by atoms with Gasteiger partial charge in [0.05, 0.1) is 23.1 Å². The summed E-state index contributed by atoms with van der Waals surface area (Å²) in [4.78, 5) is 5.57. The number of hydrogen-bond donors (Lipinski definition) is 1. The van der Waals surface area contributed by atoms with Crippen molar-refractivity contribution in [1.29, 1.82) is 0 Å². The zero-order chi connectivity index (χ0) is 13.4. The highest BCUT2D eigenvalue weighted by Gasteiger charge is 2.11.